The van der Waals surface area contributed by atoms with E-state index < -0.39 is 0 Å². The lowest BCUT2D eigenvalue weighted by Crippen LogP contribution is -2.21. The largest absolute Gasteiger partial charge is 0.340 e. The van der Waals surface area contributed by atoms with Crippen molar-refractivity contribution in [3.8, 4) is 0 Å². The quantitative estimate of drug-likeness (QED) is 0.429. The van der Waals surface area contributed by atoms with Gasteiger partial charge in [0, 0.05) is 10.6 Å². The summed E-state index contributed by atoms with van der Waals surface area (Å²) in [6.07, 6.45) is 3.11. The van der Waals surface area contributed by atoms with Gasteiger partial charge < -0.3 is 9.55 Å². The van der Waals surface area contributed by atoms with Gasteiger partial charge in [-0.15, -0.1) is 0 Å². The maximum atomic E-state index is 8.35. The van der Waals surface area contributed by atoms with Gasteiger partial charge in [-0.25, -0.2) is 9.97 Å². The summed E-state index contributed by atoms with van der Waals surface area (Å²) in [5.74, 6) is 0. The molecule has 98 valence electrons. The van der Waals surface area contributed by atoms with Gasteiger partial charge in [0.1, 0.15) is 5.52 Å². The number of azide groups is 1. The fraction of sp³-hybridized carbons (Fsp3) is 0.0833. The van der Waals surface area contributed by atoms with Crippen molar-refractivity contribution in [3.63, 3.8) is 0 Å². The standard InChI is InChI=1S/C12H10N8/c13-11-10-12(16-6-15-10)17-7-20(11)5-8-1-3-9(4-2-8)18-19-14/h1-4,6-7,13H,5H2,(H,15,16). The minimum absolute atomic E-state index is 0.326. The number of nitrogens with one attached hydrogen (secondary N) is 2. The average Bonchev–Trinajstić information content (AvgIpc) is 2.94. The molecule has 0 bridgehead atoms. The van der Waals surface area contributed by atoms with Gasteiger partial charge in [-0.1, -0.05) is 29.4 Å². The highest BCUT2D eigenvalue weighted by Crippen LogP contribution is 2.13. The SMILES string of the molecule is [N-]=[N+]=Nc1ccc(Cn2cnc3nc[nH]c3c2=N)cc1. The van der Waals surface area contributed by atoms with E-state index in [0.717, 1.165) is 5.56 Å². The zero-order valence-corrected chi connectivity index (χ0v) is 10.4. The Morgan fingerprint density at radius 1 is 1.30 bits per heavy atom. The Bertz CT molecular complexity index is 851. The smallest absolute Gasteiger partial charge is 0.182 e. The molecular weight excluding hydrogens is 256 g/mol. The van der Waals surface area contributed by atoms with E-state index >= 15 is 0 Å². The van der Waals surface area contributed by atoms with Gasteiger partial charge in [-0.3, -0.25) is 5.41 Å². The number of H-pyrrole nitrogens is 1. The van der Waals surface area contributed by atoms with Crippen molar-refractivity contribution in [1.82, 2.24) is 19.5 Å². The molecule has 0 aliphatic heterocycles. The fourth-order valence-corrected chi connectivity index (χ4v) is 1.92. The van der Waals surface area contributed by atoms with E-state index in [1.165, 1.54) is 6.33 Å². The average molecular weight is 266 g/mol. The molecule has 0 spiro atoms. The highest BCUT2D eigenvalue weighted by Gasteiger charge is 2.03. The van der Waals surface area contributed by atoms with Crippen LogP contribution in [0.4, 0.5) is 5.69 Å². The van der Waals surface area contributed by atoms with E-state index in [0.29, 0.717) is 28.9 Å². The van der Waals surface area contributed by atoms with E-state index in [1.807, 2.05) is 12.1 Å². The summed E-state index contributed by atoms with van der Waals surface area (Å²) in [7, 11) is 0. The number of hydrogen-bond donors (Lipinski definition) is 2. The summed E-state index contributed by atoms with van der Waals surface area (Å²) < 4.78 is 1.71. The molecular formula is C12H10N8. The number of hydrogen-bond acceptors (Lipinski definition) is 4. The van der Waals surface area contributed by atoms with Crippen molar-refractivity contribution in [2.24, 2.45) is 5.11 Å². The molecule has 1 aromatic carbocycles. The molecule has 0 saturated heterocycles. The predicted molar refractivity (Wildman–Crippen MR) is 72.1 cm³/mol. The highest BCUT2D eigenvalue weighted by atomic mass is 15.1. The van der Waals surface area contributed by atoms with Gasteiger partial charge in [-0.2, -0.15) is 0 Å². The van der Waals surface area contributed by atoms with E-state index in [1.54, 1.807) is 23.0 Å². The van der Waals surface area contributed by atoms with E-state index in [2.05, 4.69) is 25.0 Å². The second kappa shape index (κ2) is 4.87. The van der Waals surface area contributed by atoms with Gasteiger partial charge in [-0.05, 0) is 11.1 Å². The molecule has 8 nitrogen and oxygen atoms in total. The third-order valence-corrected chi connectivity index (χ3v) is 2.91. The van der Waals surface area contributed by atoms with Crippen LogP contribution in [0.2, 0.25) is 0 Å². The van der Waals surface area contributed by atoms with E-state index in [9.17, 15) is 0 Å². The maximum Gasteiger partial charge on any atom is 0.182 e. The molecule has 0 saturated carbocycles. The monoisotopic (exact) mass is 266 g/mol. The molecule has 0 fully saturated rings. The third-order valence-electron chi connectivity index (χ3n) is 2.91. The number of rotatable bonds is 3. The van der Waals surface area contributed by atoms with E-state index in [-0.39, 0.29) is 0 Å². The van der Waals surface area contributed by atoms with Crippen molar-refractivity contribution in [2.75, 3.05) is 0 Å². The van der Waals surface area contributed by atoms with Gasteiger partial charge in [0.15, 0.2) is 11.1 Å². The zero-order valence-electron chi connectivity index (χ0n) is 10.4. The van der Waals surface area contributed by atoms with Crippen molar-refractivity contribution in [1.29, 1.82) is 5.41 Å². The van der Waals surface area contributed by atoms with Crippen LogP contribution >= 0.6 is 0 Å². The number of aromatic nitrogens is 4. The molecule has 2 aromatic heterocycles. The second-order valence-corrected chi connectivity index (χ2v) is 4.18. The van der Waals surface area contributed by atoms with Crippen LogP contribution in [0.3, 0.4) is 0 Å². The Labute approximate surface area is 112 Å². The zero-order chi connectivity index (χ0) is 13.9. The molecule has 2 heterocycles. The van der Waals surface area contributed by atoms with Gasteiger partial charge in [0.25, 0.3) is 0 Å². The minimum atomic E-state index is 0.326. The topological polar surface area (TPSA) is 119 Å². The summed E-state index contributed by atoms with van der Waals surface area (Å²) in [6.45, 7) is 0.511. The van der Waals surface area contributed by atoms with Crippen molar-refractivity contribution < 1.29 is 0 Å². The van der Waals surface area contributed by atoms with Crippen molar-refractivity contribution in [3.05, 3.63) is 58.4 Å². The first kappa shape index (κ1) is 11.9. The Hall–Kier alpha value is -3.12. The summed E-state index contributed by atoms with van der Waals surface area (Å²) in [4.78, 5) is 13.8. The number of imidazole rings is 1. The Balaban J connectivity index is 1.94. The van der Waals surface area contributed by atoms with Crippen molar-refractivity contribution in [2.45, 2.75) is 6.54 Å². The predicted octanol–water partition coefficient (Wildman–Crippen LogP) is 2.23. The van der Waals surface area contributed by atoms with Crippen LogP contribution in [-0.4, -0.2) is 19.5 Å². The maximum absolute atomic E-state index is 8.35. The number of benzene rings is 1. The molecule has 3 rings (SSSR count). The van der Waals surface area contributed by atoms with Gasteiger partial charge in [0.2, 0.25) is 0 Å². The van der Waals surface area contributed by atoms with Gasteiger partial charge >= 0.3 is 0 Å². The molecule has 8 heteroatoms. The summed E-state index contributed by atoms with van der Waals surface area (Å²) in [5.41, 5.74) is 11.4. The van der Waals surface area contributed by atoms with Crippen LogP contribution in [0.25, 0.3) is 21.6 Å². The van der Waals surface area contributed by atoms with E-state index in [4.69, 9.17) is 10.9 Å². The molecule has 0 unspecified atom stereocenters. The molecule has 3 aromatic rings. The second-order valence-electron chi connectivity index (χ2n) is 4.18. The Morgan fingerprint density at radius 2 is 2.10 bits per heavy atom. The lowest BCUT2D eigenvalue weighted by molar-refractivity contribution is 0.721. The summed E-state index contributed by atoms with van der Waals surface area (Å²) in [5, 5.41) is 11.6. The summed E-state index contributed by atoms with van der Waals surface area (Å²) in [6, 6.07) is 7.18. The minimum Gasteiger partial charge on any atom is -0.340 e. The molecule has 0 aliphatic rings. The number of fused-ring (bicyclic) bond motifs is 1. The molecule has 0 radical (unpaired) electrons. The van der Waals surface area contributed by atoms with Crippen LogP contribution in [0.5, 0.6) is 0 Å². The first-order valence-electron chi connectivity index (χ1n) is 5.85. The van der Waals surface area contributed by atoms with Crippen LogP contribution in [0.15, 0.2) is 42.0 Å². The Kier molecular flexibility index (Phi) is 2.91. The normalized spacial score (nSPS) is 10.4. The molecule has 20 heavy (non-hydrogen) atoms. The Morgan fingerprint density at radius 3 is 2.85 bits per heavy atom. The first-order valence-corrected chi connectivity index (χ1v) is 5.85. The lowest BCUT2D eigenvalue weighted by atomic mass is 10.2. The molecule has 0 aliphatic carbocycles. The van der Waals surface area contributed by atoms with Crippen molar-refractivity contribution >= 4 is 16.9 Å². The highest BCUT2D eigenvalue weighted by molar-refractivity contribution is 5.67. The van der Waals surface area contributed by atoms with Crippen LogP contribution in [-0.2, 0) is 6.54 Å². The first-order chi connectivity index (χ1) is 9.78. The molecule has 0 atom stereocenters. The number of nitrogens with zero attached hydrogens (tertiary/aromatic N) is 6. The lowest BCUT2D eigenvalue weighted by Gasteiger charge is -2.06. The van der Waals surface area contributed by atoms with Gasteiger partial charge in [0.05, 0.1) is 19.2 Å². The third kappa shape index (κ3) is 2.11. The fourth-order valence-electron chi connectivity index (χ4n) is 1.92. The van der Waals surface area contributed by atoms with Crippen LogP contribution in [0, 0.1) is 5.41 Å². The summed E-state index contributed by atoms with van der Waals surface area (Å²) >= 11 is 0. The van der Waals surface area contributed by atoms with Crippen LogP contribution < -0.4 is 5.49 Å². The van der Waals surface area contributed by atoms with Crippen LogP contribution in [0.1, 0.15) is 5.56 Å². The number of aromatic amines is 1. The molecule has 2 N–H and O–H groups in total. The molecule has 0 amide bonds.